The zero-order valence-electron chi connectivity index (χ0n) is 12.8. The number of nitrogens with one attached hydrogen (secondary N) is 2. The van der Waals surface area contributed by atoms with E-state index in [-0.39, 0.29) is 5.91 Å². The van der Waals surface area contributed by atoms with Gasteiger partial charge >= 0.3 is 0 Å². The lowest BCUT2D eigenvalue weighted by atomic mass is 10.2. The van der Waals surface area contributed by atoms with Crippen molar-refractivity contribution in [3.63, 3.8) is 0 Å². The number of methoxy groups -OCH3 is 1. The predicted octanol–water partition coefficient (Wildman–Crippen LogP) is 3.32. The third kappa shape index (κ3) is 2.70. The molecule has 0 saturated carbocycles. The lowest BCUT2D eigenvalue weighted by molar-refractivity contribution is 0.0946. The first-order valence-corrected chi connectivity index (χ1v) is 7.07. The van der Waals surface area contributed by atoms with Crippen LogP contribution in [0.2, 0.25) is 0 Å². The molecule has 0 bridgehead atoms. The second-order valence-corrected chi connectivity index (χ2v) is 5.26. The molecule has 0 aliphatic carbocycles. The van der Waals surface area contributed by atoms with Gasteiger partial charge in [0.05, 0.1) is 7.11 Å². The third-order valence-electron chi connectivity index (χ3n) is 3.66. The Kier molecular flexibility index (Phi) is 3.63. The largest absolute Gasteiger partial charge is 0.497 e. The van der Waals surface area contributed by atoms with Gasteiger partial charge in [0, 0.05) is 29.1 Å². The highest BCUT2D eigenvalue weighted by Crippen LogP contribution is 2.21. The number of carbonyl (C=O) groups excluding carboxylic acids is 1. The molecule has 0 unspecified atom stereocenters. The molecule has 0 radical (unpaired) electrons. The number of fused-ring (bicyclic) bond motifs is 1. The quantitative estimate of drug-likeness (QED) is 0.776. The van der Waals surface area contributed by atoms with Crippen LogP contribution in [0.3, 0.4) is 0 Å². The van der Waals surface area contributed by atoms with Gasteiger partial charge in [-0.25, -0.2) is 0 Å². The molecule has 0 saturated heterocycles. The number of carbonyl (C=O) groups is 1. The summed E-state index contributed by atoms with van der Waals surface area (Å²) in [5.41, 5.74) is 2.39. The van der Waals surface area contributed by atoms with E-state index in [2.05, 4.69) is 10.3 Å². The van der Waals surface area contributed by atoms with Crippen molar-refractivity contribution in [3.8, 4) is 5.75 Å². The Labute approximate surface area is 128 Å². The molecule has 2 aromatic heterocycles. The lowest BCUT2D eigenvalue weighted by Gasteiger charge is -2.02. The van der Waals surface area contributed by atoms with E-state index in [9.17, 15) is 4.79 Å². The Morgan fingerprint density at radius 1 is 1.27 bits per heavy atom. The number of hydrogen-bond acceptors (Lipinski definition) is 3. The Bertz CT molecular complexity index is 830. The minimum absolute atomic E-state index is 0.145. The Morgan fingerprint density at radius 2 is 2.09 bits per heavy atom. The highest BCUT2D eigenvalue weighted by Gasteiger charge is 2.11. The average Bonchev–Trinajstić information content (AvgIpc) is 3.06. The molecular formula is C17H18N2O3. The van der Waals surface area contributed by atoms with E-state index in [1.165, 1.54) is 0 Å². The molecule has 0 atom stereocenters. The van der Waals surface area contributed by atoms with Gasteiger partial charge in [-0.15, -0.1) is 0 Å². The lowest BCUT2D eigenvalue weighted by Crippen LogP contribution is -2.23. The second-order valence-electron chi connectivity index (χ2n) is 5.26. The predicted molar refractivity (Wildman–Crippen MR) is 84.2 cm³/mol. The number of benzene rings is 1. The summed E-state index contributed by atoms with van der Waals surface area (Å²) >= 11 is 0. The number of H-pyrrole nitrogens is 1. The van der Waals surface area contributed by atoms with Crippen LogP contribution in [0.25, 0.3) is 10.9 Å². The van der Waals surface area contributed by atoms with Crippen molar-refractivity contribution >= 4 is 16.8 Å². The SMILES string of the molecule is COc1ccc2cc(C(=O)NCc3cc(C)oc3C)[nH]c2c1. The highest BCUT2D eigenvalue weighted by atomic mass is 16.5. The van der Waals surface area contributed by atoms with Crippen molar-refractivity contribution < 1.29 is 13.9 Å². The van der Waals surface area contributed by atoms with Crippen LogP contribution >= 0.6 is 0 Å². The molecule has 5 heteroatoms. The Hall–Kier alpha value is -2.69. The molecule has 1 amide bonds. The molecule has 0 spiro atoms. The van der Waals surface area contributed by atoms with E-state index >= 15 is 0 Å². The molecule has 2 N–H and O–H groups in total. The van der Waals surface area contributed by atoms with Gasteiger partial charge in [-0.2, -0.15) is 0 Å². The summed E-state index contributed by atoms with van der Waals surface area (Å²) in [6.07, 6.45) is 0. The van der Waals surface area contributed by atoms with Crippen LogP contribution in [0.5, 0.6) is 5.75 Å². The standard InChI is InChI=1S/C17H18N2O3/c1-10-6-13(11(2)22-10)9-18-17(20)16-7-12-4-5-14(21-3)8-15(12)19-16/h4-8,19H,9H2,1-3H3,(H,18,20). The maximum atomic E-state index is 12.3. The maximum Gasteiger partial charge on any atom is 0.267 e. The van der Waals surface area contributed by atoms with Crippen molar-refractivity contribution in [2.45, 2.75) is 20.4 Å². The van der Waals surface area contributed by atoms with Crippen LogP contribution in [-0.4, -0.2) is 18.0 Å². The molecule has 1 aromatic carbocycles. The van der Waals surface area contributed by atoms with Gasteiger partial charge in [0.15, 0.2) is 0 Å². The molecular weight excluding hydrogens is 280 g/mol. The first-order chi connectivity index (χ1) is 10.6. The number of hydrogen-bond donors (Lipinski definition) is 2. The van der Waals surface area contributed by atoms with Crippen LogP contribution in [0.15, 0.2) is 34.7 Å². The molecule has 5 nitrogen and oxygen atoms in total. The molecule has 0 aliphatic heterocycles. The summed E-state index contributed by atoms with van der Waals surface area (Å²) in [6, 6.07) is 9.43. The van der Waals surface area contributed by atoms with E-state index in [4.69, 9.17) is 9.15 Å². The summed E-state index contributed by atoms with van der Waals surface area (Å²) < 4.78 is 10.6. The summed E-state index contributed by atoms with van der Waals surface area (Å²) in [5, 5.41) is 3.87. The maximum absolute atomic E-state index is 12.3. The first-order valence-electron chi connectivity index (χ1n) is 7.07. The van der Waals surface area contributed by atoms with E-state index < -0.39 is 0 Å². The summed E-state index contributed by atoms with van der Waals surface area (Å²) in [6.45, 7) is 4.23. The van der Waals surface area contributed by atoms with Crippen molar-refractivity contribution in [1.82, 2.24) is 10.3 Å². The van der Waals surface area contributed by atoms with Gasteiger partial charge in [-0.3, -0.25) is 4.79 Å². The normalized spacial score (nSPS) is 10.9. The van der Waals surface area contributed by atoms with Crippen molar-refractivity contribution in [2.24, 2.45) is 0 Å². The summed E-state index contributed by atoms with van der Waals surface area (Å²) in [4.78, 5) is 15.4. The molecule has 0 fully saturated rings. The first kappa shape index (κ1) is 14.3. The molecule has 2 heterocycles. The summed E-state index contributed by atoms with van der Waals surface area (Å²) in [5.74, 6) is 2.29. The van der Waals surface area contributed by atoms with Gasteiger partial charge in [-0.05, 0) is 38.1 Å². The van der Waals surface area contributed by atoms with Gasteiger partial charge in [0.25, 0.3) is 5.91 Å². The number of aromatic nitrogens is 1. The van der Waals surface area contributed by atoms with E-state index in [0.717, 1.165) is 33.7 Å². The highest BCUT2D eigenvalue weighted by molar-refractivity contribution is 5.98. The zero-order valence-corrected chi connectivity index (χ0v) is 12.8. The van der Waals surface area contributed by atoms with Gasteiger partial charge in [0.2, 0.25) is 0 Å². The average molecular weight is 298 g/mol. The topological polar surface area (TPSA) is 67.3 Å². The molecule has 114 valence electrons. The van der Waals surface area contributed by atoms with Crippen molar-refractivity contribution in [2.75, 3.05) is 7.11 Å². The van der Waals surface area contributed by atoms with Crippen LogP contribution in [0.1, 0.15) is 27.6 Å². The number of aromatic amines is 1. The molecule has 0 aliphatic rings. The van der Waals surface area contributed by atoms with Crippen molar-refractivity contribution in [1.29, 1.82) is 0 Å². The number of rotatable bonds is 4. The number of ether oxygens (including phenoxy) is 1. The van der Waals surface area contributed by atoms with E-state index in [1.807, 2.05) is 44.2 Å². The van der Waals surface area contributed by atoms with Gasteiger partial charge in [0.1, 0.15) is 23.0 Å². The monoisotopic (exact) mass is 298 g/mol. The minimum Gasteiger partial charge on any atom is -0.497 e. The van der Waals surface area contributed by atoms with E-state index in [0.29, 0.717) is 12.2 Å². The fraction of sp³-hybridized carbons (Fsp3) is 0.235. The number of aryl methyl sites for hydroxylation is 2. The van der Waals surface area contributed by atoms with E-state index in [1.54, 1.807) is 7.11 Å². The van der Waals surface area contributed by atoms with Crippen LogP contribution in [0.4, 0.5) is 0 Å². The van der Waals surface area contributed by atoms with Crippen LogP contribution < -0.4 is 10.1 Å². The Balaban J connectivity index is 1.76. The van der Waals surface area contributed by atoms with Gasteiger partial charge in [-0.1, -0.05) is 0 Å². The molecule has 22 heavy (non-hydrogen) atoms. The molecule has 3 aromatic rings. The van der Waals surface area contributed by atoms with Crippen molar-refractivity contribution in [3.05, 3.63) is 53.1 Å². The number of furan rings is 1. The Morgan fingerprint density at radius 3 is 2.77 bits per heavy atom. The summed E-state index contributed by atoms with van der Waals surface area (Å²) in [7, 11) is 1.62. The minimum atomic E-state index is -0.145. The zero-order chi connectivity index (χ0) is 15.7. The smallest absolute Gasteiger partial charge is 0.267 e. The fourth-order valence-electron chi connectivity index (χ4n) is 2.49. The second kappa shape index (κ2) is 5.60. The van der Waals surface area contributed by atoms with Gasteiger partial charge < -0.3 is 19.5 Å². The van der Waals surface area contributed by atoms with Crippen LogP contribution in [-0.2, 0) is 6.54 Å². The fourth-order valence-corrected chi connectivity index (χ4v) is 2.49. The number of amides is 1. The van der Waals surface area contributed by atoms with Crippen LogP contribution in [0, 0.1) is 13.8 Å². The third-order valence-corrected chi connectivity index (χ3v) is 3.66. The molecule has 3 rings (SSSR count).